The smallest absolute Gasteiger partial charge is 0.226 e. The normalized spacial score (nSPS) is 11.1. The molecule has 0 aliphatic heterocycles. The van der Waals surface area contributed by atoms with Crippen LogP contribution in [0.15, 0.2) is 48.5 Å². The molecule has 0 spiro atoms. The Morgan fingerprint density at radius 2 is 1.66 bits per heavy atom. The molecule has 0 unspecified atom stereocenters. The van der Waals surface area contributed by atoms with Gasteiger partial charge >= 0.3 is 0 Å². The summed E-state index contributed by atoms with van der Waals surface area (Å²) in [5.74, 6) is 0.673. The van der Waals surface area contributed by atoms with Gasteiger partial charge in [-0.3, -0.25) is 9.59 Å². The number of carbonyl (C=O) groups is 2. The molecule has 0 aromatic heterocycles. The zero-order valence-corrected chi connectivity index (χ0v) is 18.1. The van der Waals surface area contributed by atoms with Crippen LogP contribution in [0.1, 0.15) is 45.2 Å². The molecule has 2 aromatic rings. The van der Waals surface area contributed by atoms with Crippen molar-refractivity contribution in [3.63, 3.8) is 0 Å². The summed E-state index contributed by atoms with van der Waals surface area (Å²) >= 11 is 0. The van der Waals surface area contributed by atoms with Gasteiger partial charge in [0, 0.05) is 32.1 Å². The summed E-state index contributed by atoms with van der Waals surface area (Å²) in [6, 6.07) is 15.7. The summed E-state index contributed by atoms with van der Waals surface area (Å²) < 4.78 is 5.36. The van der Waals surface area contributed by atoms with E-state index in [4.69, 9.17) is 4.74 Å². The molecule has 2 aromatic carbocycles. The summed E-state index contributed by atoms with van der Waals surface area (Å²) in [6.45, 7) is 8.93. The standard InChI is InChI=1S/C24H32N2O3/c1-18(27)26(16-14-19-8-6-7-9-22(19)29-5)17-15-23(28)25-21-12-10-20(11-13-21)24(2,3)4/h6-13H,14-17H2,1-5H3,(H,25,28). The van der Waals surface area contributed by atoms with Crippen molar-refractivity contribution >= 4 is 17.5 Å². The van der Waals surface area contributed by atoms with Gasteiger partial charge in [-0.05, 0) is 41.2 Å². The molecule has 0 atom stereocenters. The predicted octanol–water partition coefficient (Wildman–Crippen LogP) is 4.41. The minimum absolute atomic E-state index is 0.0396. The van der Waals surface area contributed by atoms with Gasteiger partial charge in [0.1, 0.15) is 5.75 Å². The van der Waals surface area contributed by atoms with E-state index in [9.17, 15) is 9.59 Å². The number of methoxy groups -OCH3 is 1. The third kappa shape index (κ3) is 6.93. The molecular weight excluding hydrogens is 364 g/mol. The van der Waals surface area contributed by atoms with Gasteiger partial charge in [0.25, 0.3) is 0 Å². The second-order valence-electron chi connectivity index (χ2n) is 8.19. The molecule has 1 N–H and O–H groups in total. The first-order chi connectivity index (χ1) is 13.7. The van der Waals surface area contributed by atoms with Crippen molar-refractivity contribution in [3.05, 3.63) is 59.7 Å². The largest absolute Gasteiger partial charge is 0.496 e. The van der Waals surface area contributed by atoms with Crippen molar-refractivity contribution in [1.29, 1.82) is 0 Å². The predicted molar refractivity (Wildman–Crippen MR) is 117 cm³/mol. The Morgan fingerprint density at radius 1 is 1.00 bits per heavy atom. The molecule has 0 saturated heterocycles. The average molecular weight is 397 g/mol. The van der Waals surface area contributed by atoms with Crippen LogP contribution in [-0.2, 0) is 21.4 Å². The van der Waals surface area contributed by atoms with Crippen LogP contribution in [0.3, 0.4) is 0 Å². The Bertz CT molecular complexity index is 823. The van der Waals surface area contributed by atoms with Gasteiger partial charge in [-0.15, -0.1) is 0 Å². The molecule has 0 saturated carbocycles. The van der Waals surface area contributed by atoms with Crippen LogP contribution < -0.4 is 10.1 Å². The van der Waals surface area contributed by atoms with Crippen molar-refractivity contribution in [2.45, 2.75) is 46.0 Å². The van der Waals surface area contributed by atoms with E-state index in [1.165, 1.54) is 12.5 Å². The molecule has 5 nitrogen and oxygen atoms in total. The molecule has 0 bridgehead atoms. The molecule has 0 aliphatic rings. The molecule has 29 heavy (non-hydrogen) atoms. The van der Waals surface area contributed by atoms with Crippen LogP contribution in [0.5, 0.6) is 5.75 Å². The highest BCUT2D eigenvalue weighted by Gasteiger charge is 2.15. The Balaban J connectivity index is 1.88. The second kappa shape index (κ2) is 10.1. The van der Waals surface area contributed by atoms with Crippen molar-refractivity contribution in [1.82, 2.24) is 4.90 Å². The molecule has 2 rings (SSSR count). The third-order valence-electron chi connectivity index (χ3n) is 4.93. The number of benzene rings is 2. The van der Waals surface area contributed by atoms with Gasteiger partial charge in [0.2, 0.25) is 11.8 Å². The Kier molecular flexibility index (Phi) is 7.82. The maximum Gasteiger partial charge on any atom is 0.226 e. The number of para-hydroxylation sites is 1. The molecule has 0 fully saturated rings. The number of ether oxygens (including phenoxy) is 1. The molecule has 0 aliphatic carbocycles. The first-order valence-corrected chi connectivity index (χ1v) is 9.98. The molecule has 2 amide bonds. The van der Waals surface area contributed by atoms with Crippen LogP contribution in [0.4, 0.5) is 5.69 Å². The van der Waals surface area contributed by atoms with Gasteiger partial charge in [-0.2, -0.15) is 0 Å². The van der Waals surface area contributed by atoms with Crippen LogP contribution in [-0.4, -0.2) is 36.9 Å². The summed E-state index contributed by atoms with van der Waals surface area (Å²) in [5, 5.41) is 2.91. The van der Waals surface area contributed by atoms with Crippen molar-refractivity contribution in [2.75, 3.05) is 25.5 Å². The molecule has 0 radical (unpaired) electrons. The topological polar surface area (TPSA) is 58.6 Å². The molecular formula is C24H32N2O3. The SMILES string of the molecule is COc1ccccc1CCN(CCC(=O)Nc1ccc(C(C)(C)C)cc1)C(C)=O. The summed E-state index contributed by atoms with van der Waals surface area (Å²) in [5.41, 5.74) is 3.11. The summed E-state index contributed by atoms with van der Waals surface area (Å²) in [7, 11) is 1.64. The van der Waals surface area contributed by atoms with Crippen LogP contribution >= 0.6 is 0 Å². The van der Waals surface area contributed by atoms with Crippen LogP contribution in [0, 0.1) is 0 Å². The van der Waals surface area contributed by atoms with Gasteiger partial charge in [-0.1, -0.05) is 51.1 Å². The van der Waals surface area contributed by atoms with E-state index in [2.05, 4.69) is 26.1 Å². The fourth-order valence-electron chi connectivity index (χ4n) is 3.11. The third-order valence-corrected chi connectivity index (χ3v) is 4.93. The van der Waals surface area contributed by atoms with E-state index in [-0.39, 0.29) is 23.7 Å². The number of rotatable bonds is 8. The van der Waals surface area contributed by atoms with E-state index in [1.807, 2.05) is 48.5 Å². The lowest BCUT2D eigenvalue weighted by atomic mass is 9.87. The number of amides is 2. The van der Waals surface area contributed by atoms with E-state index >= 15 is 0 Å². The Morgan fingerprint density at radius 3 is 2.24 bits per heavy atom. The van der Waals surface area contributed by atoms with E-state index in [0.29, 0.717) is 19.5 Å². The highest BCUT2D eigenvalue weighted by molar-refractivity contribution is 5.91. The lowest BCUT2D eigenvalue weighted by Gasteiger charge is -2.21. The zero-order valence-electron chi connectivity index (χ0n) is 18.1. The minimum Gasteiger partial charge on any atom is -0.496 e. The quantitative estimate of drug-likeness (QED) is 0.719. The zero-order chi connectivity index (χ0) is 21.4. The summed E-state index contributed by atoms with van der Waals surface area (Å²) in [6.07, 6.45) is 0.937. The maximum absolute atomic E-state index is 12.3. The monoisotopic (exact) mass is 396 g/mol. The van der Waals surface area contributed by atoms with Crippen molar-refractivity contribution < 1.29 is 14.3 Å². The highest BCUT2D eigenvalue weighted by Crippen LogP contribution is 2.23. The van der Waals surface area contributed by atoms with E-state index in [0.717, 1.165) is 17.0 Å². The maximum atomic E-state index is 12.3. The number of nitrogens with one attached hydrogen (secondary N) is 1. The fraction of sp³-hybridized carbons (Fsp3) is 0.417. The van der Waals surface area contributed by atoms with Crippen LogP contribution in [0.25, 0.3) is 0 Å². The van der Waals surface area contributed by atoms with E-state index < -0.39 is 0 Å². The number of carbonyl (C=O) groups excluding carboxylic acids is 2. The number of hydrogen-bond acceptors (Lipinski definition) is 3. The second-order valence-corrected chi connectivity index (χ2v) is 8.19. The van der Waals surface area contributed by atoms with Gasteiger partial charge in [0.05, 0.1) is 7.11 Å². The molecule has 0 heterocycles. The van der Waals surface area contributed by atoms with Crippen molar-refractivity contribution in [3.8, 4) is 5.75 Å². The number of anilines is 1. The lowest BCUT2D eigenvalue weighted by Crippen LogP contribution is -2.33. The van der Waals surface area contributed by atoms with Crippen LogP contribution in [0.2, 0.25) is 0 Å². The number of hydrogen-bond donors (Lipinski definition) is 1. The lowest BCUT2D eigenvalue weighted by molar-refractivity contribution is -0.129. The van der Waals surface area contributed by atoms with Gasteiger partial charge in [-0.25, -0.2) is 0 Å². The molecule has 156 valence electrons. The fourth-order valence-corrected chi connectivity index (χ4v) is 3.11. The Hall–Kier alpha value is -2.82. The van der Waals surface area contributed by atoms with Crippen molar-refractivity contribution in [2.24, 2.45) is 0 Å². The summed E-state index contributed by atoms with van der Waals surface area (Å²) in [4.78, 5) is 26.0. The van der Waals surface area contributed by atoms with Gasteiger partial charge < -0.3 is 15.0 Å². The first kappa shape index (κ1) is 22.5. The minimum atomic E-state index is -0.1000. The number of nitrogens with zero attached hydrogens (tertiary/aromatic N) is 1. The highest BCUT2D eigenvalue weighted by atomic mass is 16.5. The average Bonchev–Trinajstić information content (AvgIpc) is 2.67. The van der Waals surface area contributed by atoms with E-state index in [1.54, 1.807) is 12.0 Å². The first-order valence-electron chi connectivity index (χ1n) is 9.98. The Labute approximate surface area is 174 Å². The molecule has 5 heteroatoms. The van der Waals surface area contributed by atoms with Gasteiger partial charge in [0.15, 0.2) is 0 Å².